The molecule has 1 N–H and O–H groups in total. The summed E-state index contributed by atoms with van der Waals surface area (Å²) in [6, 6.07) is 0. The second kappa shape index (κ2) is 5.55. The van der Waals surface area contributed by atoms with Gasteiger partial charge in [-0.15, -0.1) is 0 Å². The molecule has 2 aliphatic carbocycles. The first-order valence-electron chi connectivity index (χ1n) is 9.54. The fourth-order valence-electron chi connectivity index (χ4n) is 5.66. The van der Waals surface area contributed by atoms with E-state index in [1.54, 1.807) is 19.9 Å². The molecule has 4 rings (SSSR count). The van der Waals surface area contributed by atoms with Gasteiger partial charge in [0, 0.05) is 29.2 Å². The van der Waals surface area contributed by atoms with Crippen LogP contribution in [0.4, 0.5) is 0 Å². The molecule has 2 aliphatic heterocycles. The van der Waals surface area contributed by atoms with Crippen molar-refractivity contribution in [3.63, 3.8) is 0 Å². The van der Waals surface area contributed by atoms with E-state index in [9.17, 15) is 14.7 Å². The molecule has 4 fully saturated rings. The van der Waals surface area contributed by atoms with Gasteiger partial charge in [0.15, 0.2) is 0 Å². The zero-order chi connectivity index (χ0) is 19.0. The predicted molar refractivity (Wildman–Crippen MR) is 92.0 cm³/mol. The summed E-state index contributed by atoms with van der Waals surface area (Å²) in [6.45, 7) is 9.38. The summed E-state index contributed by atoms with van der Waals surface area (Å²) < 4.78 is 17.6. The zero-order valence-corrected chi connectivity index (χ0v) is 16.0. The van der Waals surface area contributed by atoms with Crippen molar-refractivity contribution in [1.82, 2.24) is 0 Å². The molecule has 6 nitrogen and oxygen atoms in total. The molecule has 0 radical (unpaired) electrons. The topological polar surface area (TPSA) is 85.4 Å². The minimum absolute atomic E-state index is 0.0300. The third-order valence-corrected chi connectivity index (χ3v) is 7.62. The minimum atomic E-state index is -0.711. The molecular formula is C20H28O6. The van der Waals surface area contributed by atoms with Crippen molar-refractivity contribution < 1.29 is 28.9 Å². The Kier molecular flexibility index (Phi) is 3.84. The van der Waals surface area contributed by atoms with Gasteiger partial charge in [0.2, 0.25) is 0 Å². The highest BCUT2D eigenvalue weighted by atomic mass is 16.6. The molecule has 6 heteroatoms. The Morgan fingerprint density at radius 1 is 1.35 bits per heavy atom. The standard InChI is InChI=1S/C20H28O6/c1-6-9(2)17(22)24-13-7-11-10(3)18(23)25-15(11)16-19(13,4)12(21)8-14-20(16,5)26-14/h6,10-16,21H,7-8H2,1-5H3/b9-6-/t10-,11?,12-,13+,14+,15-,16+,19+,20+/m0/s1. The monoisotopic (exact) mass is 364 g/mol. The van der Waals surface area contributed by atoms with E-state index in [4.69, 9.17) is 14.2 Å². The lowest BCUT2D eigenvalue weighted by molar-refractivity contribution is -0.209. The number of esters is 2. The number of hydrogen-bond acceptors (Lipinski definition) is 6. The van der Waals surface area contributed by atoms with Crippen molar-refractivity contribution in [1.29, 1.82) is 0 Å². The van der Waals surface area contributed by atoms with Crippen LogP contribution in [0.1, 0.15) is 47.5 Å². The zero-order valence-electron chi connectivity index (χ0n) is 16.0. The lowest BCUT2D eigenvalue weighted by Crippen LogP contribution is -2.65. The number of aliphatic hydroxyl groups is 1. The summed E-state index contributed by atoms with van der Waals surface area (Å²) >= 11 is 0. The molecular weight excluding hydrogens is 336 g/mol. The molecule has 0 bridgehead atoms. The first-order chi connectivity index (χ1) is 12.1. The normalized spacial score (nSPS) is 52.5. The van der Waals surface area contributed by atoms with Gasteiger partial charge in [-0.25, -0.2) is 4.79 Å². The van der Waals surface area contributed by atoms with E-state index in [2.05, 4.69) is 0 Å². The van der Waals surface area contributed by atoms with Crippen molar-refractivity contribution in [2.24, 2.45) is 23.2 Å². The number of carbonyl (C=O) groups excluding carboxylic acids is 2. The lowest BCUT2D eigenvalue weighted by atomic mass is 9.51. The highest BCUT2D eigenvalue weighted by molar-refractivity contribution is 5.87. The van der Waals surface area contributed by atoms with Crippen LogP contribution in [0, 0.1) is 23.2 Å². The number of aliphatic hydroxyl groups excluding tert-OH is 1. The minimum Gasteiger partial charge on any atom is -0.461 e. The van der Waals surface area contributed by atoms with Crippen LogP contribution < -0.4 is 0 Å². The van der Waals surface area contributed by atoms with Crippen molar-refractivity contribution in [2.45, 2.75) is 77.5 Å². The Labute approximate surface area is 153 Å². The first kappa shape index (κ1) is 18.0. The lowest BCUT2D eigenvalue weighted by Gasteiger charge is -2.56. The number of rotatable bonds is 2. The molecule has 0 aromatic heterocycles. The van der Waals surface area contributed by atoms with E-state index in [1.807, 2.05) is 20.8 Å². The van der Waals surface area contributed by atoms with Gasteiger partial charge in [0.25, 0.3) is 0 Å². The first-order valence-corrected chi connectivity index (χ1v) is 9.54. The number of allylic oxidation sites excluding steroid dienone is 1. The van der Waals surface area contributed by atoms with Crippen LogP contribution in [0.25, 0.3) is 0 Å². The van der Waals surface area contributed by atoms with Crippen molar-refractivity contribution in [3.8, 4) is 0 Å². The molecule has 4 aliphatic rings. The Morgan fingerprint density at radius 3 is 2.69 bits per heavy atom. The molecule has 0 aromatic carbocycles. The third kappa shape index (κ3) is 2.18. The predicted octanol–water partition coefficient (Wildman–Crippen LogP) is 1.99. The third-order valence-electron chi connectivity index (χ3n) is 7.62. The Balaban J connectivity index is 1.74. The Morgan fingerprint density at radius 2 is 2.04 bits per heavy atom. The van der Waals surface area contributed by atoms with Crippen LogP contribution in [0.3, 0.4) is 0 Å². The van der Waals surface area contributed by atoms with Gasteiger partial charge < -0.3 is 19.3 Å². The quantitative estimate of drug-likeness (QED) is 0.458. The molecule has 9 atom stereocenters. The number of hydrogen-bond donors (Lipinski definition) is 1. The highest BCUT2D eigenvalue weighted by Crippen LogP contribution is 2.66. The summed E-state index contributed by atoms with van der Waals surface area (Å²) in [5.41, 5.74) is -0.616. The van der Waals surface area contributed by atoms with E-state index in [1.165, 1.54) is 0 Å². The SMILES string of the molecule is C/C=C(/C)C(=O)O[C@@H]1CC2[C@H](C)C(=O)O[C@@H]2[C@H]2[C@]3(C)O[C@@H]3C[C@H](O)[C@]12C. The van der Waals surface area contributed by atoms with E-state index in [0.29, 0.717) is 18.4 Å². The molecule has 144 valence electrons. The van der Waals surface area contributed by atoms with E-state index in [0.717, 1.165) is 0 Å². The largest absolute Gasteiger partial charge is 0.461 e. The van der Waals surface area contributed by atoms with E-state index >= 15 is 0 Å². The van der Waals surface area contributed by atoms with E-state index < -0.39 is 23.2 Å². The molecule has 26 heavy (non-hydrogen) atoms. The smallest absolute Gasteiger partial charge is 0.333 e. The number of fused-ring (bicyclic) bond motifs is 5. The maximum Gasteiger partial charge on any atom is 0.333 e. The van der Waals surface area contributed by atoms with Gasteiger partial charge in [-0.05, 0) is 27.2 Å². The van der Waals surface area contributed by atoms with Gasteiger partial charge in [0.05, 0.1) is 23.7 Å². The Bertz CT molecular complexity index is 686. The summed E-state index contributed by atoms with van der Waals surface area (Å²) in [5, 5.41) is 11.0. The van der Waals surface area contributed by atoms with Gasteiger partial charge in [-0.1, -0.05) is 19.9 Å². The molecule has 2 saturated carbocycles. The van der Waals surface area contributed by atoms with Gasteiger partial charge >= 0.3 is 11.9 Å². The number of carbonyl (C=O) groups is 2. The summed E-state index contributed by atoms with van der Waals surface area (Å²) in [5.74, 6) is -1.05. The Hall–Kier alpha value is -1.40. The van der Waals surface area contributed by atoms with Crippen LogP contribution in [-0.4, -0.2) is 47.1 Å². The van der Waals surface area contributed by atoms with Crippen LogP contribution >= 0.6 is 0 Å². The maximum absolute atomic E-state index is 12.5. The second-order valence-corrected chi connectivity index (χ2v) is 8.84. The van der Waals surface area contributed by atoms with Crippen LogP contribution in [0.5, 0.6) is 0 Å². The fraction of sp³-hybridized carbons (Fsp3) is 0.800. The van der Waals surface area contributed by atoms with Gasteiger partial charge in [0.1, 0.15) is 12.2 Å². The second-order valence-electron chi connectivity index (χ2n) is 8.84. The fourth-order valence-corrected chi connectivity index (χ4v) is 5.66. The molecule has 0 aromatic rings. The molecule has 2 heterocycles. The number of ether oxygens (including phenoxy) is 3. The highest BCUT2D eigenvalue weighted by Gasteiger charge is 2.76. The van der Waals surface area contributed by atoms with Gasteiger partial charge in [-0.2, -0.15) is 0 Å². The van der Waals surface area contributed by atoms with Crippen LogP contribution in [-0.2, 0) is 23.8 Å². The average molecular weight is 364 g/mol. The molecule has 0 spiro atoms. The van der Waals surface area contributed by atoms with Crippen molar-refractivity contribution in [3.05, 3.63) is 11.6 Å². The molecule has 0 amide bonds. The van der Waals surface area contributed by atoms with Crippen molar-refractivity contribution >= 4 is 11.9 Å². The van der Waals surface area contributed by atoms with Gasteiger partial charge in [-0.3, -0.25) is 4.79 Å². The van der Waals surface area contributed by atoms with E-state index in [-0.39, 0.29) is 41.9 Å². The van der Waals surface area contributed by atoms with Crippen LogP contribution in [0.15, 0.2) is 11.6 Å². The van der Waals surface area contributed by atoms with Crippen molar-refractivity contribution in [2.75, 3.05) is 0 Å². The summed E-state index contributed by atoms with van der Waals surface area (Å²) in [4.78, 5) is 24.7. The van der Waals surface area contributed by atoms with Crippen LogP contribution in [0.2, 0.25) is 0 Å². The average Bonchev–Trinajstić information content (AvgIpc) is 3.17. The molecule has 2 saturated heterocycles. The number of epoxide rings is 1. The summed E-state index contributed by atoms with van der Waals surface area (Å²) in [7, 11) is 0. The maximum atomic E-state index is 12.5. The summed E-state index contributed by atoms with van der Waals surface area (Å²) in [6.07, 6.45) is 1.27. The molecule has 1 unspecified atom stereocenters.